The molecule has 2 aromatic carbocycles. The van der Waals surface area contributed by atoms with Crippen LogP contribution in [-0.4, -0.2) is 18.9 Å². The molecule has 2 amide bonds. The molecule has 0 aliphatic heterocycles. The Morgan fingerprint density at radius 3 is 2.41 bits per heavy atom. The molecule has 0 fully saturated rings. The molecule has 0 unspecified atom stereocenters. The molecule has 7 nitrogen and oxygen atoms in total. The molecule has 4 aromatic rings. The summed E-state index contributed by atoms with van der Waals surface area (Å²) in [5.74, 6) is 0.417. The summed E-state index contributed by atoms with van der Waals surface area (Å²) in [6.45, 7) is 0. The van der Waals surface area contributed by atoms with E-state index in [1.54, 1.807) is 55.8 Å². The highest BCUT2D eigenvalue weighted by molar-refractivity contribution is 6.02. The Hall–Kier alpha value is -4.00. The first-order chi connectivity index (χ1) is 14.1. The number of carbonyl (C=O) groups is 2. The summed E-state index contributed by atoms with van der Waals surface area (Å²) in [6.07, 6.45) is 3.19. The van der Waals surface area contributed by atoms with Gasteiger partial charge in [-0.05, 0) is 48.5 Å². The first-order valence-electron chi connectivity index (χ1n) is 8.91. The summed E-state index contributed by atoms with van der Waals surface area (Å²) in [4.78, 5) is 24.4. The van der Waals surface area contributed by atoms with E-state index < -0.39 is 0 Å². The summed E-state index contributed by atoms with van der Waals surface area (Å²) < 4.78 is 15.7. The van der Waals surface area contributed by atoms with Gasteiger partial charge in [0, 0.05) is 28.4 Å². The number of ether oxygens (including phenoxy) is 1. The van der Waals surface area contributed by atoms with Crippen LogP contribution in [0.15, 0.2) is 76.0 Å². The normalized spacial score (nSPS) is 10.7. The molecule has 0 aliphatic carbocycles. The smallest absolute Gasteiger partial charge is 0.291 e. The second kappa shape index (κ2) is 7.93. The van der Waals surface area contributed by atoms with E-state index >= 15 is 0 Å². The molecule has 2 aromatic heterocycles. The van der Waals surface area contributed by atoms with Crippen molar-refractivity contribution in [3.8, 4) is 5.75 Å². The Balaban J connectivity index is 1.38. The van der Waals surface area contributed by atoms with E-state index in [1.165, 1.54) is 6.26 Å². The SMILES string of the molecule is COc1ccc2c(CC(=O)Nc3ccc(NC(=O)c4ccco4)cc3)coc2c1. The van der Waals surface area contributed by atoms with Crippen LogP contribution in [0.2, 0.25) is 0 Å². The van der Waals surface area contributed by atoms with Crippen LogP contribution in [0.5, 0.6) is 5.75 Å². The van der Waals surface area contributed by atoms with Crippen LogP contribution in [0.25, 0.3) is 11.0 Å². The van der Waals surface area contributed by atoms with E-state index in [-0.39, 0.29) is 24.0 Å². The van der Waals surface area contributed by atoms with Crippen molar-refractivity contribution in [2.45, 2.75) is 6.42 Å². The summed E-state index contributed by atoms with van der Waals surface area (Å²) in [5.41, 5.74) is 2.69. The van der Waals surface area contributed by atoms with Crippen molar-refractivity contribution in [3.05, 3.63) is 78.4 Å². The number of hydrogen-bond donors (Lipinski definition) is 2. The molecule has 146 valence electrons. The van der Waals surface area contributed by atoms with Crippen LogP contribution in [0.4, 0.5) is 11.4 Å². The van der Waals surface area contributed by atoms with Gasteiger partial charge in [0.05, 0.1) is 26.1 Å². The van der Waals surface area contributed by atoms with Gasteiger partial charge in [0.1, 0.15) is 11.3 Å². The molecule has 29 heavy (non-hydrogen) atoms. The Kier molecular flexibility index (Phi) is 5.03. The zero-order valence-corrected chi connectivity index (χ0v) is 15.6. The average Bonchev–Trinajstić information content (AvgIpc) is 3.39. The van der Waals surface area contributed by atoms with Crippen LogP contribution in [-0.2, 0) is 11.2 Å². The summed E-state index contributed by atoms with van der Waals surface area (Å²) in [7, 11) is 1.59. The lowest BCUT2D eigenvalue weighted by molar-refractivity contribution is -0.115. The minimum Gasteiger partial charge on any atom is -0.497 e. The van der Waals surface area contributed by atoms with Crippen molar-refractivity contribution in [2.24, 2.45) is 0 Å². The van der Waals surface area contributed by atoms with E-state index in [1.807, 2.05) is 12.1 Å². The highest BCUT2D eigenvalue weighted by Crippen LogP contribution is 2.26. The number of hydrogen-bond acceptors (Lipinski definition) is 5. The minimum absolute atomic E-state index is 0.170. The molecular weight excluding hydrogens is 372 g/mol. The molecule has 0 spiro atoms. The van der Waals surface area contributed by atoms with Gasteiger partial charge in [-0.25, -0.2) is 0 Å². The summed E-state index contributed by atoms with van der Waals surface area (Å²) in [6, 6.07) is 15.6. The zero-order chi connectivity index (χ0) is 20.2. The second-order valence-electron chi connectivity index (χ2n) is 6.36. The van der Waals surface area contributed by atoms with Gasteiger partial charge in [-0.15, -0.1) is 0 Å². The highest BCUT2D eigenvalue weighted by atomic mass is 16.5. The van der Waals surface area contributed by atoms with Gasteiger partial charge in [-0.1, -0.05) is 0 Å². The van der Waals surface area contributed by atoms with Crippen molar-refractivity contribution in [1.82, 2.24) is 0 Å². The second-order valence-corrected chi connectivity index (χ2v) is 6.36. The summed E-state index contributed by atoms with van der Waals surface area (Å²) >= 11 is 0. The van der Waals surface area contributed by atoms with Crippen LogP contribution in [0.1, 0.15) is 16.1 Å². The van der Waals surface area contributed by atoms with Crippen molar-refractivity contribution in [2.75, 3.05) is 17.7 Å². The molecule has 0 bridgehead atoms. The summed E-state index contributed by atoms with van der Waals surface area (Å²) in [5, 5.41) is 6.43. The molecule has 7 heteroatoms. The lowest BCUT2D eigenvalue weighted by Crippen LogP contribution is -2.14. The standard InChI is InChI=1S/C22H18N2O5/c1-27-17-8-9-18-14(13-29-20(18)12-17)11-21(25)23-15-4-6-16(7-5-15)24-22(26)19-3-2-10-28-19/h2-10,12-13H,11H2,1H3,(H,23,25)(H,24,26). The molecule has 0 saturated carbocycles. The quantitative estimate of drug-likeness (QED) is 0.507. The zero-order valence-electron chi connectivity index (χ0n) is 15.6. The number of carbonyl (C=O) groups excluding carboxylic acids is 2. The van der Waals surface area contributed by atoms with Crippen molar-refractivity contribution in [1.29, 1.82) is 0 Å². The fraction of sp³-hybridized carbons (Fsp3) is 0.0909. The van der Waals surface area contributed by atoms with Gasteiger partial charge in [0.2, 0.25) is 5.91 Å². The Morgan fingerprint density at radius 1 is 0.966 bits per heavy atom. The first kappa shape index (κ1) is 18.4. The maximum Gasteiger partial charge on any atom is 0.291 e. The Morgan fingerprint density at radius 2 is 1.72 bits per heavy atom. The number of fused-ring (bicyclic) bond motifs is 1. The van der Waals surface area contributed by atoms with Gasteiger partial charge in [-0.2, -0.15) is 0 Å². The molecule has 0 atom stereocenters. The predicted octanol–water partition coefficient (Wildman–Crippen LogP) is 4.47. The lowest BCUT2D eigenvalue weighted by Gasteiger charge is -2.07. The third-order valence-corrected chi connectivity index (χ3v) is 4.39. The van der Waals surface area contributed by atoms with Crippen molar-refractivity contribution >= 4 is 34.2 Å². The fourth-order valence-electron chi connectivity index (χ4n) is 2.94. The maximum absolute atomic E-state index is 12.4. The average molecular weight is 390 g/mol. The van der Waals surface area contributed by atoms with Gasteiger partial charge >= 0.3 is 0 Å². The number of furan rings is 2. The number of amides is 2. The number of rotatable bonds is 6. The Bertz CT molecular complexity index is 1140. The number of benzene rings is 2. The van der Waals surface area contributed by atoms with Gasteiger partial charge < -0.3 is 24.2 Å². The topological polar surface area (TPSA) is 93.7 Å². The molecular formula is C22H18N2O5. The minimum atomic E-state index is -0.338. The van der Waals surface area contributed by atoms with E-state index in [4.69, 9.17) is 13.6 Å². The van der Waals surface area contributed by atoms with Crippen LogP contribution in [0.3, 0.4) is 0 Å². The largest absolute Gasteiger partial charge is 0.497 e. The highest BCUT2D eigenvalue weighted by Gasteiger charge is 2.12. The molecule has 4 rings (SSSR count). The van der Waals surface area contributed by atoms with Crippen LogP contribution in [0, 0.1) is 0 Å². The van der Waals surface area contributed by atoms with Crippen molar-refractivity contribution in [3.63, 3.8) is 0 Å². The van der Waals surface area contributed by atoms with Gasteiger partial charge in [-0.3, -0.25) is 9.59 Å². The van der Waals surface area contributed by atoms with Gasteiger partial charge in [0.15, 0.2) is 5.76 Å². The number of anilines is 2. The fourth-order valence-corrected chi connectivity index (χ4v) is 2.94. The lowest BCUT2D eigenvalue weighted by atomic mass is 10.1. The first-order valence-corrected chi connectivity index (χ1v) is 8.91. The molecule has 0 aliphatic rings. The maximum atomic E-state index is 12.4. The van der Waals surface area contributed by atoms with E-state index in [0.717, 1.165) is 10.9 Å². The molecule has 2 heterocycles. The van der Waals surface area contributed by atoms with Crippen LogP contribution >= 0.6 is 0 Å². The van der Waals surface area contributed by atoms with E-state index in [9.17, 15) is 9.59 Å². The molecule has 0 radical (unpaired) electrons. The third-order valence-electron chi connectivity index (χ3n) is 4.39. The van der Waals surface area contributed by atoms with Crippen LogP contribution < -0.4 is 15.4 Å². The van der Waals surface area contributed by atoms with Crippen molar-refractivity contribution < 1.29 is 23.2 Å². The number of nitrogens with one attached hydrogen (secondary N) is 2. The Labute approximate surface area is 166 Å². The predicted molar refractivity (Wildman–Crippen MR) is 108 cm³/mol. The number of methoxy groups -OCH3 is 1. The molecule has 2 N–H and O–H groups in total. The van der Waals surface area contributed by atoms with E-state index in [0.29, 0.717) is 22.7 Å². The van der Waals surface area contributed by atoms with Gasteiger partial charge in [0.25, 0.3) is 5.91 Å². The third kappa shape index (κ3) is 4.14. The van der Waals surface area contributed by atoms with E-state index in [2.05, 4.69) is 10.6 Å². The monoisotopic (exact) mass is 390 g/mol. The molecule has 0 saturated heterocycles.